The van der Waals surface area contributed by atoms with Crippen molar-refractivity contribution in [2.45, 2.75) is 24.3 Å². The van der Waals surface area contributed by atoms with Crippen molar-refractivity contribution >= 4 is 39.1 Å². The molecule has 1 fully saturated rings. The van der Waals surface area contributed by atoms with Crippen molar-refractivity contribution in [3.05, 3.63) is 27.7 Å². The van der Waals surface area contributed by atoms with Crippen LogP contribution >= 0.6 is 23.2 Å². The molecule has 1 atom stereocenters. The largest absolute Gasteiger partial charge is 0.344 e. The zero-order valence-electron chi connectivity index (χ0n) is 11.0. The van der Waals surface area contributed by atoms with Crippen LogP contribution in [-0.2, 0) is 14.8 Å². The second-order valence-electron chi connectivity index (χ2n) is 4.83. The number of amides is 1. The van der Waals surface area contributed by atoms with E-state index in [-0.39, 0.29) is 22.2 Å². The zero-order valence-corrected chi connectivity index (χ0v) is 13.3. The third kappa shape index (κ3) is 3.09. The number of rotatable bonds is 3. The quantitative estimate of drug-likeness (QED) is 0.915. The molecular weight excluding hydrogens is 323 g/mol. The first kappa shape index (κ1) is 15.6. The van der Waals surface area contributed by atoms with Crippen LogP contribution < -0.4 is 4.72 Å². The Morgan fingerprint density at radius 1 is 1.30 bits per heavy atom. The number of aryl methyl sites for hydroxylation is 1. The van der Waals surface area contributed by atoms with Gasteiger partial charge in [0.05, 0.1) is 5.02 Å². The molecule has 8 heteroatoms. The number of halogens is 2. The van der Waals surface area contributed by atoms with Gasteiger partial charge in [-0.1, -0.05) is 23.2 Å². The number of nitrogens with one attached hydrogen (secondary N) is 1. The number of carbonyl (C=O) groups excluding carboxylic acids is 1. The summed E-state index contributed by atoms with van der Waals surface area (Å²) in [4.78, 5) is 12.9. The van der Waals surface area contributed by atoms with Gasteiger partial charge >= 0.3 is 0 Å². The molecule has 0 spiro atoms. The number of sulfonamides is 1. The minimum Gasteiger partial charge on any atom is -0.344 e. The lowest BCUT2D eigenvalue weighted by Gasteiger charge is -2.14. The number of hydrogen-bond donors (Lipinski definition) is 1. The fourth-order valence-corrected chi connectivity index (χ4v) is 4.12. The molecule has 5 nitrogen and oxygen atoms in total. The summed E-state index contributed by atoms with van der Waals surface area (Å²) in [6.45, 7) is 2.05. The minimum absolute atomic E-state index is 0.0249. The first-order chi connectivity index (χ1) is 9.20. The van der Waals surface area contributed by atoms with Crippen LogP contribution in [-0.4, -0.2) is 38.9 Å². The van der Waals surface area contributed by atoms with E-state index in [1.165, 1.54) is 17.0 Å². The topological polar surface area (TPSA) is 66.5 Å². The molecule has 0 aromatic heterocycles. The maximum atomic E-state index is 12.3. The molecule has 20 heavy (non-hydrogen) atoms. The Kier molecular flexibility index (Phi) is 4.30. The van der Waals surface area contributed by atoms with E-state index in [1.54, 1.807) is 14.0 Å². The fraction of sp³-hybridized carbons (Fsp3) is 0.417. The van der Waals surface area contributed by atoms with Gasteiger partial charge in [0.2, 0.25) is 15.9 Å². The van der Waals surface area contributed by atoms with Gasteiger partial charge in [0.25, 0.3) is 0 Å². The van der Waals surface area contributed by atoms with E-state index in [1.807, 2.05) is 0 Å². The molecular formula is C12H14Cl2N2O3S. The Balaban J connectivity index is 2.28. The van der Waals surface area contributed by atoms with E-state index in [4.69, 9.17) is 23.2 Å². The number of likely N-dealkylation sites (tertiary alicyclic amines) is 1. The molecule has 0 bridgehead atoms. The highest BCUT2D eigenvalue weighted by atomic mass is 35.5. The van der Waals surface area contributed by atoms with Crippen molar-refractivity contribution in [1.29, 1.82) is 0 Å². The molecule has 0 saturated carbocycles. The highest BCUT2D eigenvalue weighted by molar-refractivity contribution is 7.89. The van der Waals surface area contributed by atoms with E-state index >= 15 is 0 Å². The highest BCUT2D eigenvalue weighted by Crippen LogP contribution is 2.28. The van der Waals surface area contributed by atoms with Crippen molar-refractivity contribution < 1.29 is 13.2 Å². The molecule has 1 N–H and O–H groups in total. The molecule has 1 aromatic carbocycles. The lowest BCUT2D eigenvalue weighted by atomic mass is 10.2. The molecule has 1 saturated heterocycles. The van der Waals surface area contributed by atoms with Crippen molar-refractivity contribution in [3.8, 4) is 0 Å². The minimum atomic E-state index is -3.78. The number of hydrogen-bond acceptors (Lipinski definition) is 3. The Bertz CT molecular complexity index is 661. The van der Waals surface area contributed by atoms with E-state index in [2.05, 4.69) is 4.72 Å². The molecule has 1 aliphatic heterocycles. The molecule has 0 unspecified atom stereocenters. The molecule has 2 rings (SSSR count). The SMILES string of the molecule is Cc1cc(S(=O)(=O)N[C@@H]2CC(=O)N(C)C2)c(Cl)cc1Cl. The van der Waals surface area contributed by atoms with Gasteiger partial charge in [0.15, 0.2) is 0 Å². The average molecular weight is 337 g/mol. The fourth-order valence-electron chi connectivity index (χ4n) is 2.06. The van der Waals surface area contributed by atoms with Gasteiger partial charge < -0.3 is 4.90 Å². The Morgan fingerprint density at radius 3 is 2.50 bits per heavy atom. The van der Waals surface area contributed by atoms with E-state index in [9.17, 15) is 13.2 Å². The lowest BCUT2D eigenvalue weighted by molar-refractivity contribution is -0.126. The molecule has 1 amide bonds. The van der Waals surface area contributed by atoms with Crippen LogP contribution in [0, 0.1) is 6.92 Å². The number of carbonyl (C=O) groups is 1. The molecule has 0 aliphatic carbocycles. The predicted octanol–water partition coefficient (Wildman–Crippen LogP) is 1.81. The summed E-state index contributed by atoms with van der Waals surface area (Å²) in [5.41, 5.74) is 0.621. The number of benzene rings is 1. The van der Waals surface area contributed by atoms with Gasteiger partial charge in [0.1, 0.15) is 4.90 Å². The number of nitrogens with zero attached hydrogens (tertiary/aromatic N) is 1. The van der Waals surface area contributed by atoms with Crippen molar-refractivity contribution in [1.82, 2.24) is 9.62 Å². The monoisotopic (exact) mass is 336 g/mol. The highest BCUT2D eigenvalue weighted by Gasteiger charge is 2.31. The smallest absolute Gasteiger partial charge is 0.242 e. The predicted molar refractivity (Wildman–Crippen MR) is 77.6 cm³/mol. The van der Waals surface area contributed by atoms with E-state index < -0.39 is 16.1 Å². The van der Waals surface area contributed by atoms with Crippen LogP contribution in [0.4, 0.5) is 0 Å². The molecule has 1 aliphatic rings. The van der Waals surface area contributed by atoms with Crippen molar-refractivity contribution in [2.75, 3.05) is 13.6 Å². The zero-order chi connectivity index (χ0) is 15.1. The maximum absolute atomic E-state index is 12.3. The van der Waals surface area contributed by atoms with Crippen LogP contribution in [0.2, 0.25) is 10.0 Å². The van der Waals surface area contributed by atoms with Crippen LogP contribution in [0.1, 0.15) is 12.0 Å². The Labute approximate surface area is 127 Å². The average Bonchev–Trinajstić information content (AvgIpc) is 2.61. The molecule has 110 valence electrons. The van der Waals surface area contributed by atoms with E-state index in [0.29, 0.717) is 17.1 Å². The molecule has 1 heterocycles. The third-order valence-electron chi connectivity index (χ3n) is 3.17. The molecule has 0 radical (unpaired) electrons. The van der Waals surface area contributed by atoms with Crippen molar-refractivity contribution in [3.63, 3.8) is 0 Å². The summed E-state index contributed by atoms with van der Waals surface area (Å²) in [5.74, 6) is -0.0870. The second kappa shape index (κ2) is 5.52. The normalized spacial score (nSPS) is 19.7. The van der Waals surface area contributed by atoms with Gasteiger partial charge in [-0.15, -0.1) is 0 Å². The summed E-state index contributed by atoms with van der Waals surface area (Å²) in [6.07, 6.45) is 0.153. The van der Waals surface area contributed by atoms with Crippen LogP contribution in [0.5, 0.6) is 0 Å². The van der Waals surface area contributed by atoms with Gasteiger partial charge in [-0.2, -0.15) is 0 Å². The molecule has 1 aromatic rings. The van der Waals surface area contributed by atoms with Crippen molar-refractivity contribution in [2.24, 2.45) is 0 Å². The summed E-state index contributed by atoms with van der Waals surface area (Å²) in [5, 5.41) is 0.468. The Morgan fingerprint density at radius 2 is 1.95 bits per heavy atom. The second-order valence-corrected chi connectivity index (χ2v) is 7.33. The summed E-state index contributed by atoms with van der Waals surface area (Å²) in [6, 6.07) is 2.39. The van der Waals surface area contributed by atoms with Gasteiger partial charge in [-0.05, 0) is 24.6 Å². The van der Waals surface area contributed by atoms with Crippen LogP contribution in [0.25, 0.3) is 0 Å². The van der Waals surface area contributed by atoms with E-state index in [0.717, 1.165) is 0 Å². The van der Waals surface area contributed by atoms with Crippen LogP contribution in [0.3, 0.4) is 0 Å². The van der Waals surface area contributed by atoms with Gasteiger partial charge in [-0.25, -0.2) is 13.1 Å². The van der Waals surface area contributed by atoms with Crippen LogP contribution in [0.15, 0.2) is 17.0 Å². The standard InChI is InChI=1S/C12H14Cl2N2O3S/c1-7-3-11(10(14)5-9(7)13)20(18,19)15-8-4-12(17)16(2)6-8/h3,5,8,15H,4,6H2,1-2H3/t8-/m1/s1. The first-order valence-corrected chi connectivity index (χ1v) is 8.16. The Hall–Kier alpha value is -0.820. The number of likely N-dealkylation sites (N-methyl/N-ethyl adjacent to an activating group) is 1. The summed E-state index contributed by atoms with van der Waals surface area (Å²) in [7, 11) is -2.14. The van der Waals surface area contributed by atoms with Gasteiger partial charge in [-0.3, -0.25) is 4.79 Å². The van der Waals surface area contributed by atoms with Gasteiger partial charge in [0, 0.05) is 31.1 Å². The summed E-state index contributed by atoms with van der Waals surface area (Å²) < 4.78 is 27.1. The lowest BCUT2D eigenvalue weighted by Crippen LogP contribution is -2.36. The summed E-state index contributed by atoms with van der Waals surface area (Å²) >= 11 is 11.8. The first-order valence-electron chi connectivity index (χ1n) is 5.92. The third-order valence-corrected chi connectivity index (χ3v) is 5.56. The maximum Gasteiger partial charge on any atom is 0.242 e.